The summed E-state index contributed by atoms with van der Waals surface area (Å²) in [6.45, 7) is 1.56. The second kappa shape index (κ2) is 3.64. The summed E-state index contributed by atoms with van der Waals surface area (Å²) in [6.07, 6.45) is 0. The number of aryl methyl sites for hydroxylation is 1. The van der Waals surface area contributed by atoms with Crippen molar-refractivity contribution in [3.8, 4) is 0 Å². The highest BCUT2D eigenvalue weighted by Gasteiger charge is 2.21. The molecule has 0 aromatic heterocycles. The van der Waals surface area contributed by atoms with Gasteiger partial charge in [-0.1, -0.05) is 16.7 Å². The Morgan fingerprint density at radius 2 is 2.15 bits per heavy atom. The van der Waals surface area contributed by atoms with Gasteiger partial charge in [0.2, 0.25) is 5.30 Å². The normalized spacial score (nSPS) is 11.1. The number of carboxylic acids is 1. The number of hydrogen-bond donors (Lipinski definition) is 1. The number of aromatic carboxylic acids is 1. The van der Waals surface area contributed by atoms with Crippen LogP contribution in [0.1, 0.15) is 15.9 Å². The highest BCUT2D eigenvalue weighted by Crippen LogP contribution is 2.15. The number of rotatable bonds is 2. The lowest BCUT2D eigenvalue weighted by atomic mass is 10.1. The smallest absolute Gasteiger partial charge is 0.349 e. The van der Waals surface area contributed by atoms with Crippen molar-refractivity contribution in [3.63, 3.8) is 0 Å². The van der Waals surface area contributed by atoms with E-state index in [2.05, 4.69) is 0 Å². The Morgan fingerprint density at radius 3 is 2.54 bits per heavy atom. The molecule has 4 nitrogen and oxygen atoms in total. The minimum Gasteiger partial charge on any atom is -0.591 e. The second-order valence-electron chi connectivity index (χ2n) is 2.53. The van der Waals surface area contributed by atoms with Crippen LogP contribution < -0.4 is 10.2 Å². The number of carboxylic acid groups (broad SMARTS) is 1. The molecule has 68 valence electrons. The summed E-state index contributed by atoms with van der Waals surface area (Å²) in [4.78, 5) is 21.3. The fraction of sp³-hybridized carbons (Fsp3) is 0.125. The van der Waals surface area contributed by atoms with Gasteiger partial charge in [-0.2, -0.15) is 0 Å². The summed E-state index contributed by atoms with van der Waals surface area (Å²) < 4.78 is 10.7. The number of benzene rings is 1. The van der Waals surface area contributed by atoms with Crippen LogP contribution in [0.15, 0.2) is 18.2 Å². The van der Waals surface area contributed by atoms with Gasteiger partial charge in [-0.05, 0) is 18.6 Å². The van der Waals surface area contributed by atoms with Crippen molar-refractivity contribution >= 4 is 19.3 Å². The molecule has 0 aliphatic heterocycles. The highest BCUT2D eigenvalue weighted by molar-refractivity contribution is 7.46. The van der Waals surface area contributed by atoms with Gasteiger partial charge in [-0.3, -0.25) is 0 Å². The summed E-state index contributed by atoms with van der Waals surface area (Å²) in [7, 11) is -2.85. The molecule has 1 unspecified atom stereocenters. The lowest BCUT2D eigenvalue weighted by Gasteiger charge is -2.00. The average Bonchev–Trinajstić information content (AvgIpc) is 2.02. The van der Waals surface area contributed by atoms with Crippen molar-refractivity contribution < 1.29 is 19.4 Å². The van der Waals surface area contributed by atoms with E-state index in [1.54, 1.807) is 13.0 Å². The number of hydrogen-bond acceptors (Lipinski definition) is 3. The fourth-order valence-corrected chi connectivity index (χ4v) is 1.75. The van der Waals surface area contributed by atoms with E-state index in [1.807, 2.05) is 0 Å². The zero-order valence-electron chi connectivity index (χ0n) is 6.85. The first kappa shape index (κ1) is 9.84. The average molecular weight is 198 g/mol. The van der Waals surface area contributed by atoms with Gasteiger partial charge >= 0.3 is 14.0 Å². The Kier molecular flexibility index (Phi) is 2.76. The SMILES string of the molecule is Cc1cccc([P+](=O)[O-])c1C(=O)O. The van der Waals surface area contributed by atoms with Gasteiger partial charge in [0.05, 0.1) is 0 Å². The molecule has 0 saturated carbocycles. The summed E-state index contributed by atoms with van der Waals surface area (Å²) >= 11 is 0. The van der Waals surface area contributed by atoms with Crippen LogP contribution in [-0.4, -0.2) is 11.1 Å². The molecule has 0 aliphatic carbocycles. The van der Waals surface area contributed by atoms with Crippen LogP contribution in [0.25, 0.3) is 0 Å². The van der Waals surface area contributed by atoms with Gasteiger partial charge in [-0.15, -0.1) is 0 Å². The molecule has 0 heterocycles. The molecule has 5 heteroatoms. The van der Waals surface area contributed by atoms with Crippen molar-refractivity contribution in [1.29, 1.82) is 0 Å². The van der Waals surface area contributed by atoms with Gasteiger partial charge < -0.3 is 10.00 Å². The molecule has 0 radical (unpaired) electrons. The lowest BCUT2D eigenvalue weighted by molar-refractivity contribution is -0.160. The van der Waals surface area contributed by atoms with Gasteiger partial charge in [0.1, 0.15) is 5.56 Å². The van der Waals surface area contributed by atoms with Crippen LogP contribution in [0.2, 0.25) is 0 Å². The van der Waals surface area contributed by atoms with Gasteiger partial charge in [0, 0.05) is 0 Å². The molecule has 1 N–H and O–H groups in total. The molecule has 1 rings (SSSR count). The monoisotopic (exact) mass is 198 g/mol. The Morgan fingerprint density at radius 1 is 1.54 bits per heavy atom. The predicted molar refractivity (Wildman–Crippen MR) is 45.4 cm³/mol. The van der Waals surface area contributed by atoms with Crippen molar-refractivity contribution in [3.05, 3.63) is 29.3 Å². The second-order valence-corrected chi connectivity index (χ2v) is 3.53. The van der Waals surface area contributed by atoms with E-state index >= 15 is 0 Å². The molecule has 13 heavy (non-hydrogen) atoms. The molecule has 0 amide bonds. The van der Waals surface area contributed by atoms with Crippen molar-refractivity contribution in [2.75, 3.05) is 0 Å². The van der Waals surface area contributed by atoms with E-state index in [0.717, 1.165) is 0 Å². The Hall–Kier alpha value is -1.25. The molecule has 0 fully saturated rings. The third-order valence-electron chi connectivity index (χ3n) is 1.66. The topological polar surface area (TPSA) is 77.4 Å². The molecule has 0 saturated heterocycles. The van der Waals surface area contributed by atoms with Crippen LogP contribution in [0.4, 0.5) is 0 Å². The highest BCUT2D eigenvalue weighted by atomic mass is 31.1. The third-order valence-corrected chi connectivity index (χ3v) is 2.43. The fourth-order valence-electron chi connectivity index (χ4n) is 1.08. The summed E-state index contributed by atoms with van der Waals surface area (Å²) in [5, 5.41) is 8.59. The number of carbonyl (C=O) groups is 1. The van der Waals surface area contributed by atoms with E-state index in [1.165, 1.54) is 12.1 Å². The van der Waals surface area contributed by atoms with E-state index in [4.69, 9.17) is 5.11 Å². The molecule has 0 aliphatic rings. The molecule has 0 spiro atoms. The minimum atomic E-state index is -2.85. The summed E-state index contributed by atoms with van der Waals surface area (Å²) in [5.41, 5.74) is 0.308. The maximum Gasteiger partial charge on any atom is 0.349 e. The first-order chi connectivity index (χ1) is 6.04. The van der Waals surface area contributed by atoms with Crippen molar-refractivity contribution in [1.82, 2.24) is 0 Å². The first-order valence-corrected chi connectivity index (χ1v) is 4.69. The molecule has 1 aromatic carbocycles. The maximum atomic E-state index is 10.7. The third kappa shape index (κ3) is 1.91. The summed E-state index contributed by atoms with van der Waals surface area (Å²) in [6, 6.07) is 4.36. The Bertz CT molecular complexity index is 372. The maximum absolute atomic E-state index is 10.7. The van der Waals surface area contributed by atoms with Crippen LogP contribution in [0.5, 0.6) is 0 Å². The standard InChI is InChI=1S/C8H7O4P/c1-5-3-2-4-6(13(11)12)7(5)8(9)10/h2-4H,1H3,(H,9,10). The van der Waals surface area contributed by atoms with Crippen molar-refractivity contribution in [2.45, 2.75) is 6.92 Å². The first-order valence-electron chi connectivity index (χ1n) is 3.51. The van der Waals surface area contributed by atoms with Gasteiger partial charge in [-0.25, -0.2) is 4.79 Å². The van der Waals surface area contributed by atoms with Gasteiger partial charge in [0.15, 0.2) is 0 Å². The lowest BCUT2D eigenvalue weighted by Crippen LogP contribution is -2.17. The van der Waals surface area contributed by atoms with Crippen LogP contribution >= 0.6 is 8.03 Å². The minimum absolute atomic E-state index is 0.137. The van der Waals surface area contributed by atoms with E-state index in [0.29, 0.717) is 5.56 Å². The van der Waals surface area contributed by atoms with Crippen LogP contribution in [0, 0.1) is 6.92 Å². The van der Waals surface area contributed by atoms with E-state index in [9.17, 15) is 14.3 Å². The largest absolute Gasteiger partial charge is 0.591 e. The summed E-state index contributed by atoms with van der Waals surface area (Å²) in [5.74, 6) is -1.22. The van der Waals surface area contributed by atoms with Crippen LogP contribution in [0.3, 0.4) is 0 Å². The zero-order valence-corrected chi connectivity index (χ0v) is 7.75. The van der Waals surface area contributed by atoms with Crippen LogP contribution in [-0.2, 0) is 4.57 Å². The zero-order chi connectivity index (χ0) is 10.0. The predicted octanol–water partition coefficient (Wildman–Crippen LogP) is 0.421. The van der Waals surface area contributed by atoms with Crippen molar-refractivity contribution in [2.24, 2.45) is 0 Å². The molecule has 1 atom stereocenters. The molecule has 0 bridgehead atoms. The molecular weight excluding hydrogens is 191 g/mol. The van der Waals surface area contributed by atoms with E-state index in [-0.39, 0.29) is 10.9 Å². The Balaban J connectivity index is 3.43. The van der Waals surface area contributed by atoms with E-state index < -0.39 is 14.0 Å². The quantitative estimate of drug-likeness (QED) is 0.698. The van der Waals surface area contributed by atoms with Gasteiger partial charge in [0.25, 0.3) is 0 Å². The molecular formula is C8H7O4P. The molecule has 1 aromatic rings. The Labute approximate surface area is 75.7 Å².